The first kappa shape index (κ1) is 15.8. The van der Waals surface area contributed by atoms with Gasteiger partial charge in [-0.15, -0.1) is 0 Å². The summed E-state index contributed by atoms with van der Waals surface area (Å²) in [6.45, 7) is 12.3. The molecule has 0 atom stereocenters. The van der Waals surface area contributed by atoms with Crippen LogP contribution < -0.4 is 0 Å². The maximum Gasteiger partial charge on any atom is 0.289 e. The second-order valence-electron chi connectivity index (χ2n) is 6.09. The van der Waals surface area contributed by atoms with E-state index in [2.05, 4.69) is 27.7 Å². The first-order valence-corrected chi connectivity index (χ1v) is 7.25. The molecule has 0 fully saturated rings. The molecular weight excluding hydrogens is 238 g/mol. The van der Waals surface area contributed by atoms with Gasteiger partial charge in [0.1, 0.15) is 0 Å². The second kappa shape index (κ2) is 7.37. The van der Waals surface area contributed by atoms with Crippen LogP contribution in [-0.4, -0.2) is 23.9 Å². The fraction of sp³-hybridized carbons (Fsp3) is 0.688. The molecule has 1 amide bonds. The molecule has 0 aliphatic rings. The Balaban J connectivity index is 2.71. The first-order valence-electron chi connectivity index (χ1n) is 7.25. The van der Waals surface area contributed by atoms with Crippen LogP contribution in [-0.2, 0) is 0 Å². The fourth-order valence-corrected chi connectivity index (χ4v) is 1.88. The van der Waals surface area contributed by atoms with Gasteiger partial charge in [-0.2, -0.15) is 0 Å². The SMILES string of the molecule is Cc1ccoc1C(=O)N(CCC(C)C)CCC(C)C. The average Bonchev–Trinajstić information content (AvgIpc) is 2.74. The van der Waals surface area contributed by atoms with Gasteiger partial charge < -0.3 is 9.32 Å². The summed E-state index contributed by atoms with van der Waals surface area (Å²) in [5.41, 5.74) is 0.920. The maximum absolute atomic E-state index is 12.5. The zero-order valence-electron chi connectivity index (χ0n) is 12.9. The highest BCUT2D eigenvalue weighted by molar-refractivity contribution is 5.92. The Bertz CT molecular complexity index is 381. The standard InChI is InChI=1S/C16H27NO2/c1-12(2)6-9-17(10-7-13(3)4)16(18)15-14(5)8-11-19-15/h8,11-13H,6-7,9-10H2,1-5H3. The molecule has 0 aliphatic carbocycles. The molecule has 19 heavy (non-hydrogen) atoms. The van der Waals surface area contributed by atoms with Crippen molar-refractivity contribution in [2.75, 3.05) is 13.1 Å². The normalized spacial score (nSPS) is 11.3. The van der Waals surface area contributed by atoms with E-state index in [0.29, 0.717) is 17.6 Å². The van der Waals surface area contributed by atoms with E-state index in [-0.39, 0.29) is 5.91 Å². The van der Waals surface area contributed by atoms with E-state index in [1.54, 1.807) is 6.26 Å². The van der Waals surface area contributed by atoms with Crippen LogP contribution in [0, 0.1) is 18.8 Å². The van der Waals surface area contributed by atoms with Gasteiger partial charge in [-0.3, -0.25) is 4.79 Å². The Morgan fingerprint density at radius 1 is 1.16 bits per heavy atom. The van der Waals surface area contributed by atoms with Gasteiger partial charge in [0, 0.05) is 18.7 Å². The van der Waals surface area contributed by atoms with Crippen molar-refractivity contribution in [1.29, 1.82) is 0 Å². The van der Waals surface area contributed by atoms with E-state index < -0.39 is 0 Å². The first-order chi connectivity index (χ1) is 8.91. The Labute approximate surface area is 117 Å². The predicted octanol–water partition coefficient (Wildman–Crippen LogP) is 4.12. The number of nitrogens with zero attached hydrogens (tertiary/aromatic N) is 1. The van der Waals surface area contributed by atoms with Gasteiger partial charge >= 0.3 is 0 Å². The van der Waals surface area contributed by atoms with E-state index in [9.17, 15) is 4.79 Å². The van der Waals surface area contributed by atoms with Crippen molar-refractivity contribution < 1.29 is 9.21 Å². The topological polar surface area (TPSA) is 33.5 Å². The van der Waals surface area contributed by atoms with Gasteiger partial charge in [0.25, 0.3) is 5.91 Å². The Morgan fingerprint density at radius 3 is 2.05 bits per heavy atom. The summed E-state index contributed by atoms with van der Waals surface area (Å²) < 4.78 is 5.33. The number of amides is 1. The molecular formula is C16H27NO2. The van der Waals surface area contributed by atoms with Gasteiger partial charge in [-0.1, -0.05) is 27.7 Å². The molecule has 3 nitrogen and oxygen atoms in total. The minimum atomic E-state index is 0.0313. The molecule has 0 N–H and O–H groups in total. The highest BCUT2D eigenvalue weighted by Crippen LogP contribution is 2.15. The van der Waals surface area contributed by atoms with Gasteiger partial charge in [0.15, 0.2) is 5.76 Å². The minimum Gasteiger partial charge on any atom is -0.459 e. The highest BCUT2D eigenvalue weighted by atomic mass is 16.3. The van der Waals surface area contributed by atoms with Crippen molar-refractivity contribution in [3.8, 4) is 0 Å². The molecule has 0 saturated carbocycles. The van der Waals surface area contributed by atoms with Gasteiger partial charge in [0.05, 0.1) is 6.26 Å². The van der Waals surface area contributed by atoms with Crippen molar-refractivity contribution in [2.45, 2.75) is 47.5 Å². The van der Waals surface area contributed by atoms with Crippen LogP contribution in [0.3, 0.4) is 0 Å². The molecule has 1 heterocycles. The summed E-state index contributed by atoms with van der Waals surface area (Å²) >= 11 is 0. The zero-order chi connectivity index (χ0) is 14.4. The third-order valence-electron chi connectivity index (χ3n) is 3.30. The summed E-state index contributed by atoms with van der Waals surface area (Å²) in [6.07, 6.45) is 3.65. The van der Waals surface area contributed by atoms with Crippen LogP contribution >= 0.6 is 0 Å². The van der Waals surface area contributed by atoms with Crippen LogP contribution in [0.2, 0.25) is 0 Å². The second-order valence-corrected chi connectivity index (χ2v) is 6.09. The average molecular weight is 265 g/mol. The number of aryl methyl sites for hydroxylation is 1. The third-order valence-corrected chi connectivity index (χ3v) is 3.30. The Hall–Kier alpha value is -1.25. The van der Waals surface area contributed by atoms with Gasteiger partial charge in [-0.25, -0.2) is 0 Å². The lowest BCUT2D eigenvalue weighted by Gasteiger charge is -2.23. The van der Waals surface area contributed by atoms with Crippen LogP contribution in [0.5, 0.6) is 0 Å². The largest absolute Gasteiger partial charge is 0.459 e. The molecule has 0 saturated heterocycles. The van der Waals surface area contributed by atoms with E-state index in [1.165, 1.54) is 0 Å². The molecule has 0 spiro atoms. The molecule has 0 aliphatic heterocycles. The summed E-state index contributed by atoms with van der Waals surface area (Å²) in [4.78, 5) is 14.4. The number of carbonyl (C=O) groups excluding carboxylic acids is 1. The summed E-state index contributed by atoms with van der Waals surface area (Å²) in [5.74, 6) is 1.73. The van der Waals surface area contributed by atoms with Crippen molar-refractivity contribution >= 4 is 5.91 Å². The van der Waals surface area contributed by atoms with Gasteiger partial charge in [-0.05, 0) is 37.7 Å². The quantitative estimate of drug-likeness (QED) is 0.743. The van der Waals surface area contributed by atoms with Crippen molar-refractivity contribution in [2.24, 2.45) is 11.8 Å². The van der Waals surface area contributed by atoms with Crippen LogP contribution in [0.1, 0.15) is 56.7 Å². The van der Waals surface area contributed by atoms with E-state index in [0.717, 1.165) is 31.5 Å². The number of carbonyl (C=O) groups is 1. The molecule has 1 rings (SSSR count). The van der Waals surface area contributed by atoms with Gasteiger partial charge in [0.2, 0.25) is 0 Å². The number of furan rings is 1. The summed E-state index contributed by atoms with van der Waals surface area (Å²) in [6, 6.07) is 1.84. The minimum absolute atomic E-state index is 0.0313. The fourth-order valence-electron chi connectivity index (χ4n) is 1.88. The van der Waals surface area contributed by atoms with Crippen LogP contribution in [0.4, 0.5) is 0 Å². The molecule has 0 unspecified atom stereocenters. The third kappa shape index (κ3) is 5.09. The number of hydrogen-bond acceptors (Lipinski definition) is 2. The maximum atomic E-state index is 12.5. The highest BCUT2D eigenvalue weighted by Gasteiger charge is 2.20. The monoisotopic (exact) mass is 265 g/mol. The van der Waals surface area contributed by atoms with Crippen LogP contribution in [0.25, 0.3) is 0 Å². The molecule has 0 radical (unpaired) electrons. The van der Waals surface area contributed by atoms with Crippen molar-refractivity contribution in [1.82, 2.24) is 4.90 Å². The lowest BCUT2D eigenvalue weighted by molar-refractivity contribution is 0.0707. The van der Waals surface area contributed by atoms with E-state index in [1.807, 2.05) is 17.9 Å². The van der Waals surface area contributed by atoms with Crippen molar-refractivity contribution in [3.05, 3.63) is 23.7 Å². The lowest BCUT2D eigenvalue weighted by Crippen LogP contribution is -2.34. The number of hydrogen-bond donors (Lipinski definition) is 0. The van der Waals surface area contributed by atoms with E-state index in [4.69, 9.17) is 4.42 Å². The Kier molecular flexibility index (Phi) is 6.13. The number of rotatable bonds is 7. The molecule has 0 aromatic carbocycles. The molecule has 108 valence electrons. The molecule has 3 heteroatoms. The lowest BCUT2D eigenvalue weighted by atomic mass is 10.1. The summed E-state index contributed by atoms with van der Waals surface area (Å²) in [5, 5.41) is 0. The van der Waals surface area contributed by atoms with E-state index >= 15 is 0 Å². The van der Waals surface area contributed by atoms with Crippen molar-refractivity contribution in [3.63, 3.8) is 0 Å². The smallest absolute Gasteiger partial charge is 0.289 e. The zero-order valence-corrected chi connectivity index (χ0v) is 12.9. The predicted molar refractivity (Wildman–Crippen MR) is 78.3 cm³/mol. The molecule has 1 aromatic heterocycles. The molecule has 1 aromatic rings. The van der Waals surface area contributed by atoms with Crippen LogP contribution in [0.15, 0.2) is 16.7 Å². The molecule has 0 bridgehead atoms. The Morgan fingerprint density at radius 2 is 1.68 bits per heavy atom. The summed E-state index contributed by atoms with van der Waals surface area (Å²) in [7, 11) is 0.